The van der Waals surface area contributed by atoms with Crippen LogP contribution in [-0.4, -0.2) is 40.2 Å². The second kappa shape index (κ2) is 5.17. The molecule has 104 valence electrons. The molecule has 1 fully saturated rings. The lowest BCUT2D eigenvalue weighted by molar-refractivity contribution is 0.0694. The molecule has 0 aliphatic heterocycles. The molecule has 2 rings (SSSR count). The van der Waals surface area contributed by atoms with Crippen LogP contribution >= 0.6 is 0 Å². The molecule has 1 aliphatic carbocycles. The van der Waals surface area contributed by atoms with Gasteiger partial charge in [-0.05, 0) is 39.3 Å². The Morgan fingerprint density at radius 1 is 1.47 bits per heavy atom. The van der Waals surface area contributed by atoms with Gasteiger partial charge in [-0.1, -0.05) is 0 Å². The van der Waals surface area contributed by atoms with E-state index in [1.54, 1.807) is 18.4 Å². The third-order valence-electron chi connectivity index (χ3n) is 3.83. The number of hydrogen-bond acceptors (Lipinski definition) is 3. The first-order chi connectivity index (χ1) is 8.91. The molecule has 1 heterocycles. The zero-order chi connectivity index (χ0) is 14.2. The number of hydrogen-bond donors (Lipinski definition) is 1. The first kappa shape index (κ1) is 13.8. The van der Waals surface area contributed by atoms with Crippen molar-refractivity contribution in [2.45, 2.75) is 39.3 Å². The summed E-state index contributed by atoms with van der Waals surface area (Å²) < 4.78 is 1.56. The molecule has 5 heteroatoms. The van der Waals surface area contributed by atoms with Crippen molar-refractivity contribution in [3.63, 3.8) is 0 Å². The lowest BCUT2D eigenvalue weighted by atomic mass is 10.1. The normalized spacial score (nSPS) is 14.9. The monoisotopic (exact) mass is 264 g/mol. The van der Waals surface area contributed by atoms with Gasteiger partial charge in [0.15, 0.2) is 0 Å². The average Bonchev–Trinajstić information content (AvgIpc) is 3.10. The number of likely N-dealkylation sites (N-methyl/N-ethyl adjacent to an activating group) is 1. The second-order valence-corrected chi connectivity index (χ2v) is 5.29. The SMILES string of the molecule is Cc1cc(=O)n(CCN(C)C2CC2)c(C)c1C(=O)O. The highest BCUT2D eigenvalue weighted by Gasteiger charge is 2.26. The lowest BCUT2D eigenvalue weighted by Crippen LogP contribution is -2.32. The number of nitrogens with zero attached hydrogens (tertiary/aromatic N) is 2. The third-order valence-corrected chi connectivity index (χ3v) is 3.83. The van der Waals surface area contributed by atoms with Gasteiger partial charge in [-0.2, -0.15) is 0 Å². The van der Waals surface area contributed by atoms with Gasteiger partial charge in [-0.15, -0.1) is 0 Å². The number of carboxylic acid groups (broad SMARTS) is 1. The van der Waals surface area contributed by atoms with Gasteiger partial charge in [0.2, 0.25) is 0 Å². The van der Waals surface area contributed by atoms with Crippen molar-refractivity contribution >= 4 is 5.97 Å². The molecule has 1 saturated carbocycles. The van der Waals surface area contributed by atoms with Gasteiger partial charge >= 0.3 is 5.97 Å². The Morgan fingerprint density at radius 2 is 2.11 bits per heavy atom. The summed E-state index contributed by atoms with van der Waals surface area (Å²) in [6.45, 7) is 4.68. The highest BCUT2D eigenvalue weighted by molar-refractivity contribution is 5.90. The quantitative estimate of drug-likeness (QED) is 0.869. The number of pyridine rings is 1. The smallest absolute Gasteiger partial charge is 0.337 e. The van der Waals surface area contributed by atoms with Gasteiger partial charge in [0.1, 0.15) is 0 Å². The minimum absolute atomic E-state index is 0.121. The molecule has 0 amide bonds. The van der Waals surface area contributed by atoms with Crippen LogP contribution in [0.4, 0.5) is 0 Å². The predicted octanol–water partition coefficient (Wildman–Crippen LogP) is 1.26. The first-order valence-corrected chi connectivity index (χ1v) is 6.56. The van der Waals surface area contributed by atoms with E-state index in [2.05, 4.69) is 4.90 Å². The van der Waals surface area contributed by atoms with Crippen LogP contribution in [0.1, 0.15) is 34.5 Å². The topological polar surface area (TPSA) is 62.5 Å². The summed E-state index contributed by atoms with van der Waals surface area (Å²) in [6.07, 6.45) is 2.44. The number of aromatic nitrogens is 1. The fourth-order valence-electron chi connectivity index (χ4n) is 2.48. The van der Waals surface area contributed by atoms with Crippen LogP contribution in [0.15, 0.2) is 10.9 Å². The molecular formula is C14H20N2O3. The van der Waals surface area contributed by atoms with Gasteiger partial charge in [0, 0.05) is 30.9 Å². The Kier molecular flexibility index (Phi) is 3.75. The van der Waals surface area contributed by atoms with Crippen LogP contribution in [0.2, 0.25) is 0 Å². The standard InChI is InChI=1S/C14H20N2O3/c1-9-8-12(17)16(10(2)13(9)14(18)19)7-6-15(3)11-4-5-11/h8,11H,4-7H2,1-3H3,(H,18,19). The zero-order valence-electron chi connectivity index (χ0n) is 11.6. The fraction of sp³-hybridized carbons (Fsp3) is 0.571. The van der Waals surface area contributed by atoms with Gasteiger partial charge < -0.3 is 14.6 Å². The van der Waals surface area contributed by atoms with E-state index in [-0.39, 0.29) is 11.1 Å². The molecule has 1 aliphatic rings. The van der Waals surface area contributed by atoms with Crippen LogP contribution in [-0.2, 0) is 6.54 Å². The lowest BCUT2D eigenvalue weighted by Gasteiger charge is -2.19. The van der Waals surface area contributed by atoms with Crippen molar-refractivity contribution in [3.8, 4) is 0 Å². The fourth-order valence-corrected chi connectivity index (χ4v) is 2.48. The number of carbonyl (C=O) groups is 1. The van der Waals surface area contributed by atoms with Crippen molar-refractivity contribution < 1.29 is 9.90 Å². The van der Waals surface area contributed by atoms with Gasteiger partial charge in [-0.25, -0.2) is 4.79 Å². The summed E-state index contributed by atoms with van der Waals surface area (Å²) in [5.74, 6) is -0.973. The Bertz CT molecular complexity index is 559. The maximum atomic E-state index is 12.0. The largest absolute Gasteiger partial charge is 0.478 e. The van der Waals surface area contributed by atoms with E-state index in [1.165, 1.54) is 18.9 Å². The van der Waals surface area contributed by atoms with E-state index in [1.807, 2.05) is 7.05 Å². The van der Waals surface area contributed by atoms with Crippen LogP contribution in [0.3, 0.4) is 0 Å². The summed E-state index contributed by atoms with van der Waals surface area (Å²) in [5, 5.41) is 9.21. The molecule has 5 nitrogen and oxygen atoms in total. The summed E-state index contributed by atoms with van der Waals surface area (Å²) in [6, 6.07) is 2.05. The Balaban J connectivity index is 2.26. The minimum Gasteiger partial charge on any atom is -0.478 e. The summed E-state index contributed by atoms with van der Waals surface area (Å²) in [5.41, 5.74) is 1.20. The number of aromatic carboxylic acids is 1. The number of rotatable bonds is 5. The van der Waals surface area contributed by atoms with Crippen LogP contribution in [0, 0.1) is 13.8 Å². The van der Waals surface area contributed by atoms with Crippen LogP contribution < -0.4 is 5.56 Å². The van der Waals surface area contributed by atoms with E-state index >= 15 is 0 Å². The van der Waals surface area contributed by atoms with E-state index in [4.69, 9.17) is 0 Å². The molecule has 19 heavy (non-hydrogen) atoms. The third kappa shape index (κ3) is 2.87. The molecule has 0 atom stereocenters. The predicted molar refractivity (Wildman–Crippen MR) is 72.8 cm³/mol. The molecule has 0 spiro atoms. The van der Waals surface area contributed by atoms with Crippen molar-refractivity contribution in [2.24, 2.45) is 0 Å². The molecule has 0 radical (unpaired) electrons. The Morgan fingerprint density at radius 3 is 2.63 bits per heavy atom. The van der Waals surface area contributed by atoms with Gasteiger partial charge in [-0.3, -0.25) is 4.79 Å². The molecule has 1 aromatic rings. The Hall–Kier alpha value is -1.62. The van der Waals surface area contributed by atoms with E-state index < -0.39 is 5.97 Å². The molecule has 0 saturated heterocycles. The highest BCUT2D eigenvalue weighted by Crippen LogP contribution is 2.25. The average molecular weight is 264 g/mol. The van der Waals surface area contributed by atoms with Crippen LogP contribution in [0.5, 0.6) is 0 Å². The molecule has 1 N–H and O–H groups in total. The first-order valence-electron chi connectivity index (χ1n) is 6.56. The maximum Gasteiger partial charge on any atom is 0.337 e. The molecule has 0 unspecified atom stereocenters. The molecular weight excluding hydrogens is 244 g/mol. The van der Waals surface area contributed by atoms with E-state index in [9.17, 15) is 14.7 Å². The molecule has 0 aromatic carbocycles. The van der Waals surface area contributed by atoms with Gasteiger partial charge in [0.25, 0.3) is 5.56 Å². The van der Waals surface area contributed by atoms with Crippen molar-refractivity contribution in [1.29, 1.82) is 0 Å². The number of carboxylic acids is 1. The molecule has 0 bridgehead atoms. The maximum absolute atomic E-state index is 12.0. The van der Waals surface area contributed by atoms with Crippen LogP contribution in [0.25, 0.3) is 0 Å². The van der Waals surface area contributed by atoms with E-state index in [0.717, 1.165) is 6.54 Å². The highest BCUT2D eigenvalue weighted by atomic mass is 16.4. The Labute approximate surface area is 112 Å². The van der Waals surface area contributed by atoms with E-state index in [0.29, 0.717) is 23.8 Å². The zero-order valence-corrected chi connectivity index (χ0v) is 11.6. The summed E-state index contributed by atoms with van der Waals surface area (Å²) in [4.78, 5) is 25.5. The summed E-state index contributed by atoms with van der Waals surface area (Å²) in [7, 11) is 2.05. The van der Waals surface area contributed by atoms with Crippen molar-refractivity contribution in [3.05, 3.63) is 33.2 Å². The summed E-state index contributed by atoms with van der Waals surface area (Å²) >= 11 is 0. The second-order valence-electron chi connectivity index (χ2n) is 5.29. The number of aryl methyl sites for hydroxylation is 1. The van der Waals surface area contributed by atoms with Crippen molar-refractivity contribution in [2.75, 3.05) is 13.6 Å². The molecule has 1 aromatic heterocycles. The van der Waals surface area contributed by atoms with Gasteiger partial charge in [0.05, 0.1) is 5.56 Å². The minimum atomic E-state index is -0.973. The van der Waals surface area contributed by atoms with Crippen molar-refractivity contribution in [1.82, 2.24) is 9.47 Å².